The summed E-state index contributed by atoms with van der Waals surface area (Å²) in [6.07, 6.45) is -1.98. The molecule has 0 atom stereocenters. The third kappa shape index (κ3) is 3.76. The minimum atomic E-state index is -4.04. The molecule has 12 heavy (non-hydrogen) atoms. The van der Waals surface area contributed by atoms with E-state index in [0.29, 0.717) is 0 Å². The molecular weight excluding hydrogens is 167 g/mol. The van der Waals surface area contributed by atoms with Gasteiger partial charge in [-0.05, 0) is 25.9 Å². The SMILES string of the molecule is FC(F)(F)CC=C1CCNCC1. The molecule has 0 unspecified atom stereocenters. The van der Waals surface area contributed by atoms with Crippen LogP contribution in [0, 0.1) is 0 Å². The Kier molecular flexibility index (Phi) is 3.14. The standard InChI is InChI=1S/C8H12F3N/c9-8(10,11)4-1-7-2-5-12-6-3-7/h1,12H,2-6H2. The molecule has 0 bridgehead atoms. The largest absolute Gasteiger partial charge is 0.392 e. The van der Waals surface area contributed by atoms with Crippen molar-refractivity contribution in [3.63, 3.8) is 0 Å². The Balaban J connectivity index is 2.35. The van der Waals surface area contributed by atoms with Crippen LogP contribution in [0.15, 0.2) is 11.6 Å². The van der Waals surface area contributed by atoms with Crippen LogP contribution in [0.2, 0.25) is 0 Å². The van der Waals surface area contributed by atoms with E-state index < -0.39 is 12.6 Å². The first-order valence-electron chi connectivity index (χ1n) is 4.03. The third-order valence-corrected chi connectivity index (χ3v) is 1.87. The van der Waals surface area contributed by atoms with Gasteiger partial charge in [-0.15, -0.1) is 0 Å². The first kappa shape index (κ1) is 9.58. The third-order valence-electron chi connectivity index (χ3n) is 1.87. The quantitative estimate of drug-likeness (QED) is 0.609. The van der Waals surface area contributed by atoms with Gasteiger partial charge in [0.05, 0.1) is 6.42 Å². The Morgan fingerprint density at radius 1 is 1.25 bits per heavy atom. The highest BCUT2D eigenvalue weighted by atomic mass is 19.4. The average Bonchev–Trinajstić information content (AvgIpc) is 2.02. The molecule has 0 amide bonds. The number of alkyl halides is 3. The second-order valence-electron chi connectivity index (χ2n) is 2.93. The normalized spacial score (nSPS) is 19.4. The lowest BCUT2D eigenvalue weighted by Crippen LogP contribution is -2.23. The predicted octanol–water partition coefficient (Wildman–Crippen LogP) is 2.25. The van der Waals surface area contributed by atoms with E-state index in [2.05, 4.69) is 5.32 Å². The fourth-order valence-corrected chi connectivity index (χ4v) is 1.21. The molecule has 1 fully saturated rings. The summed E-state index contributed by atoms with van der Waals surface area (Å²) in [4.78, 5) is 0. The van der Waals surface area contributed by atoms with Crippen molar-refractivity contribution < 1.29 is 13.2 Å². The van der Waals surface area contributed by atoms with Gasteiger partial charge in [0.15, 0.2) is 0 Å². The topological polar surface area (TPSA) is 12.0 Å². The van der Waals surface area contributed by atoms with Crippen LogP contribution >= 0.6 is 0 Å². The van der Waals surface area contributed by atoms with E-state index in [9.17, 15) is 13.2 Å². The highest BCUT2D eigenvalue weighted by Gasteiger charge is 2.25. The van der Waals surface area contributed by atoms with E-state index in [4.69, 9.17) is 0 Å². The van der Waals surface area contributed by atoms with Gasteiger partial charge in [0.1, 0.15) is 0 Å². The molecule has 0 aromatic rings. The maximum Gasteiger partial charge on any atom is 0.392 e. The van der Waals surface area contributed by atoms with Crippen molar-refractivity contribution in [2.75, 3.05) is 13.1 Å². The van der Waals surface area contributed by atoms with Crippen LogP contribution in [-0.2, 0) is 0 Å². The Morgan fingerprint density at radius 2 is 1.83 bits per heavy atom. The summed E-state index contributed by atoms with van der Waals surface area (Å²) in [7, 11) is 0. The molecule has 1 saturated heterocycles. The molecule has 0 aromatic carbocycles. The number of piperidine rings is 1. The number of allylic oxidation sites excluding steroid dienone is 1. The molecule has 1 aliphatic rings. The van der Waals surface area contributed by atoms with Crippen molar-refractivity contribution in [3.05, 3.63) is 11.6 Å². The minimum absolute atomic E-state index is 0.760. The van der Waals surface area contributed by atoms with Crippen LogP contribution in [0.3, 0.4) is 0 Å². The van der Waals surface area contributed by atoms with Gasteiger partial charge in [-0.2, -0.15) is 13.2 Å². The number of hydrogen-bond donors (Lipinski definition) is 1. The van der Waals surface area contributed by atoms with E-state index in [1.54, 1.807) is 0 Å². The maximum atomic E-state index is 11.8. The highest BCUT2D eigenvalue weighted by Crippen LogP contribution is 2.22. The molecule has 1 heterocycles. The molecule has 4 heteroatoms. The van der Waals surface area contributed by atoms with Crippen LogP contribution in [-0.4, -0.2) is 19.3 Å². The van der Waals surface area contributed by atoms with Gasteiger partial charge in [-0.1, -0.05) is 11.6 Å². The van der Waals surface area contributed by atoms with Crippen LogP contribution < -0.4 is 5.32 Å². The minimum Gasteiger partial charge on any atom is -0.316 e. The van der Waals surface area contributed by atoms with Crippen molar-refractivity contribution in [3.8, 4) is 0 Å². The smallest absolute Gasteiger partial charge is 0.316 e. The fourth-order valence-electron chi connectivity index (χ4n) is 1.21. The molecule has 1 nitrogen and oxygen atoms in total. The average molecular weight is 179 g/mol. The van der Waals surface area contributed by atoms with Crippen LogP contribution in [0.1, 0.15) is 19.3 Å². The molecule has 70 valence electrons. The molecule has 0 radical (unpaired) electrons. The molecule has 1 N–H and O–H groups in total. The lowest BCUT2D eigenvalue weighted by molar-refractivity contribution is -0.125. The van der Waals surface area contributed by atoms with Gasteiger partial charge >= 0.3 is 6.18 Å². The summed E-state index contributed by atoms with van der Waals surface area (Å²) < 4.78 is 35.3. The Hall–Kier alpha value is -0.510. The summed E-state index contributed by atoms with van der Waals surface area (Å²) in [5, 5.41) is 3.09. The van der Waals surface area contributed by atoms with Gasteiger partial charge in [0.25, 0.3) is 0 Å². The second-order valence-corrected chi connectivity index (χ2v) is 2.93. The molecule has 0 aromatic heterocycles. The summed E-state index contributed by atoms with van der Waals surface area (Å²) in [5.41, 5.74) is 0.936. The number of hydrogen-bond acceptors (Lipinski definition) is 1. The Labute approximate surface area is 69.6 Å². The van der Waals surface area contributed by atoms with Crippen molar-refractivity contribution in [2.24, 2.45) is 0 Å². The predicted molar refractivity (Wildman–Crippen MR) is 40.9 cm³/mol. The number of rotatable bonds is 1. The zero-order valence-corrected chi connectivity index (χ0v) is 6.75. The van der Waals surface area contributed by atoms with E-state index >= 15 is 0 Å². The second kappa shape index (κ2) is 3.94. The van der Waals surface area contributed by atoms with Gasteiger partial charge < -0.3 is 5.32 Å². The molecule has 0 spiro atoms. The van der Waals surface area contributed by atoms with Gasteiger partial charge in [-0.3, -0.25) is 0 Å². The lowest BCUT2D eigenvalue weighted by Gasteiger charge is -2.15. The molecule has 0 aliphatic carbocycles. The van der Waals surface area contributed by atoms with Crippen molar-refractivity contribution >= 4 is 0 Å². The molecule has 1 rings (SSSR count). The Bertz CT molecular complexity index is 164. The lowest BCUT2D eigenvalue weighted by atomic mass is 10.0. The number of halogens is 3. The molecule has 1 aliphatic heterocycles. The van der Waals surface area contributed by atoms with Crippen LogP contribution in [0.5, 0.6) is 0 Å². The van der Waals surface area contributed by atoms with Gasteiger partial charge in [0.2, 0.25) is 0 Å². The first-order valence-corrected chi connectivity index (χ1v) is 4.03. The number of nitrogens with one attached hydrogen (secondary N) is 1. The van der Waals surface area contributed by atoms with Gasteiger partial charge in [-0.25, -0.2) is 0 Å². The monoisotopic (exact) mass is 179 g/mol. The summed E-state index contributed by atoms with van der Waals surface area (Å²) >= 11 is 0. The summed E-state index contributed by atoms with van der Waals surface area (Å²) in [6.45, 7) is 1.62. The molecule has 0 saturated carbocycles. The van der Waals surface area contributed by atoms with Gasteiger partial charge in [0, 0.05) is 0 Å². The van der Waals surface area contributed by atoms with E-state index in [1.165, 1.54) is 6.08 Å². The van der Waals surface area contributed by atoms with Crippen LogP contribution in [0.25, 0.3) is 0 Å². The van der Waals surface area contributed by atoms with E-state index in [1.807, 2.05) is 0 Å². The van der Waals surface area contributed by atoms with E-state index in [-0.39, 0.29) is 0 Å². The zero-order chi connectivity index (χ0) is 9.03. The fraction of sp³-hybridized carbons (Fsp3) is 0.750. The van der Waals surface area contributed by atoms with Crippen molar-refractivity contribution in [1.29, 1.82) is 0 Å². The maximum absolute atomic E-state index is 11.8. The van der Waals surface area contributed by atoms with E-state index in [0.717, 1.165) is 31.5 Å². The summed E-state index contributed by atoms with van der Waals surface area (Å²) in [6, 6.07) is 0. The molecular formula is C8H12F3N. The van der Waals surface area contributed by atoms with Crippen molar-refractivity contribution in [1.82, 2.24) is 5.32 Å². The Morgan fingerprint density at radius 3 is 2.33 bits per heavy atom. The van der Waals surface area contributed by atoms with Crippen molar-refractivity contribution in [2.45, 2.75) is 25.4 Å². The first-order chi connectivity index (χ1) is 5.58. The highest BCUT2D eigenvalue weighted by molar-refractivity contribution is 5.05. The summed E-state index contributed by atoms with van der Waals surface area (Å²) in [5.74, 6) is 0. The van der Waals surface area contributed by atoms with Crippen LogP contribution in [0.4, 0.5) is 13.2 Å². The zero-order valence-electron chi connectivity index (χ0n) is 6.75.